The van der Waals surface area contributed by atoms with Crippen molar-refractivity contribution in [1.29, 1.82) is 0 Å². The van der Waals surface area contributed by atoms with Gasteiger partial charge in [0.05, 0.1) is 17.0 Å². The lowest BCUT2D eigenvalue weighted by Gasteiger charge is -2.23. The Bertz CT molecular complexity index is 528. The third kappa shape index (κ3) is 2.82. The van der Waals surface area contributed by atoms with Crippen LogP contribution in [0.3, 0.4) is 0 Å². The van der Waals surface area contributed by atoms with Crippen molar-refractivity contribution in [3.05, 3.63) is 23.8 Å². The lowest BCUT2D eigenvalue weighted by atomic mass is 10.0. The molecule has 0 amide bonds. The van der Waals surface area contributed by atoms with E-state index in [1.807, 2.05) is 13.8 Å². The van der Waals surface area contributed by atoms with E-state index >= 15 is 0 Å². The van der Waals surface area contributed by atoms with Crippen LogP contribution in [0, 0.1) is 6.92 Å². The number of ether oxygens (including phenoxy) is 1. The minimum absolute atomic E-state index is 0.202. The van der Waals surface area contributed by atoms with Gasteiger partial charge >= 0.3 is 0 Å². The molecule has 3 N–H and O–H groups in total. The maximum absolute atomic E-state index is 12.3. The molecule has 1 aromatic carbocycles. The minimum atomic E-state index is -3.56. The second-order valence-corrected chi connectivity index (χ2v) is 6.73. The minimum Gasteiger partial charge on any atom is -0.399 e. The van der Waals surface area contributed by atoms with Gasteiger partial charge in [-0.3, -0.25) is 0 Å². The van der Waals surface area contributed by atoms with Crippen molar-refractivity contribution >= 4 is 15.7 Å². The van der Waals surface area contributed by atoms with Crippen LogP contribution < -0.4 is 10.5 Å². The van der Waals surface area contributed by atoms with E-state index in [1.165, 1.54) is 6.07 Å². The third-order valence-corrected chi connectivity index (χ3v) is 4.60. The molecule has 0 aromatic heterocycles. The Balaban J connectivity index is 2.30. The highest BCUT2D eigenvalue weighted by atomic mass is 32.2. The summed E-state index contributed by atoms with van der Waals surface area (Å²) in [7, 11) is -3.56. The smallest absolute Gasteiger partial charge is 0.241 e. The maximum Gasteiger partial charge on any atom is 0.241 e. The number of benzene rings is 1. The molecule has 6 heteroatoms. The summed E-state index contributed by atoms with van der Waals surface area (Å²) in [6.07, 6.45) is 0.674. The highest BCUT2D eigenvalue weighted by molar-refractivity contribution is 7.89. The van der Waals surface area contributed by atoms with Gasteiger partial charge in [-0.2, -0.15) is 0 Å². The van der Waals surface area contributed by atoms with Crippen molar-refractivity contribution < 1.29 is 13.2 Å². The summed E-state index contributed by atoms with van der Waals surface area (Å²) in [5.74, 6) is 0. The molecule has 1 aromatic rings. The van der Waals surface area contributed by atoms with Crippen LogP contribution in [0.5, 0.6) is 0 Å². The molecular formula is C12H18N2O3S. The molecule has 0 radical (unpaired) electrons. The number of rotatable bonds is 3. The summed E-state index contributed by atoms with van der Waals surface area (Å²) in [5, 5.41) is 0. The zero-order valence-electron chi connectivity index (χ0n) is 10.6. The lowest BCUT2D eigenvalue weighted by molar-refractivity contribution is 0.178. The van der Waals surface area contributed by atoms with Crippen LogP contribution >= 0.6 is 0 Å². The van der Waals surface area contributed by atoms with Gasteiger partial charge in [0.1, 0.15) is 0 Å². The fourth-order valence-corrected chi connectivity index (χ4v) is 3.62. The number of hydrogen-bond acceptors (Lipinski definition) is 4. The van der Waals surface area contributed by atoms with Gasteiger partial charge in [0.25, 0.3) is 0 Å². The van der Waals surface area contributed by atoms with E-state index in [-0.39, 0.29) is 4.90 Å². The topological polar surface area (TPSA) is 81.4 Å². The summed E-state index contributed by atoms with van der Waals surface area (Å²) in [6.45, 7) is 4.63. The van der Waals surface area contributed by atoms with Crippen molar-refractivity contribution in [2.24, 2.45) is 0 Å². The van der Waals surface area contributed by atoms with Crippen molar-refractivity contribution in [1.82, 2.24) is 4.72 Å². The van der Waals surface area contributed by atoms with Gasteiger partial charge in [-0.25, -0.2) is 13.1 Å². The molecule has 1 fully saturated rings. The molecule has 1 atom stereocenters. The normalized spacial score (nSPS) is 24.3. The zero-order valence-corrected chi connectivity index (χ0v) is 11.4. The van der Waals surface area contributed by atoms with E-state index in [1.54, 1.807) is 12.1 Å². The van der Waals surface area contributed by atoms with Crippen molar-refractivity contribution in [2.75, 3.05) is 18.9 Å². The zero-order chi connectivity index (χ0) is 13.4. The molecule has 100 valence electrons. The van der Waals surface area contributed by atoms with E-state index in [9.17, 15) is 8.42 Å². The molecule has 1 saturated heterocycles. The van der Waals surface area contributed by atoms with Gasteiger partial charge in [0.15, 0.2) is 0 Å². The van der Waals surface area contributed by atoms with Gasteiger partial charge in [0, 0.05) is 12.3 Å². The molecule has 0 spiro atoms. The molecular weight excluding hydrogens is 252 g/mol. The summed E-state index contributed by atoms with van der Waals surface area (Å²) in [5.41, 5.74) is 6.42. The predicted molar refractivity (Wildman–Crippen MR) is 69.8 cm³/mol. The number of nitrogens with two attached hydrogens (primary N) is 1. The van der Waals surface area contributed by atoms with Gasteiger partial charge in [-0.05, 0) is 44.0 Å². The molecule has 5 nitrogen and oxygen atoms in total. The monoisotopic (exact) mass is 270 g/mol. The van der Waals surface area contributed by atoms with Gasteiger partial charge in [0.2, 0.25) is 10.0 Å². The molecule has 1 unspecified atom stereocenters. The third-order valence-electron chi connectivity index (χ3n) is 2.98. The van der Waals surface area contributed by atoms with Crippen LogP contribution in [0.2, 0.25) is 0 Å². The van der Waals surface area contributed by atoms with E-state index in [0.29, 0.717) is 25.3 Å². The van der Waals surface area contributed by atoms with Gasteiger partial charge in [-0.15, -0.1) is 0 Å². The van der Waals surface area contributed by atoms with Crippen LogP contribution in [0.15, 0.2) is 23.1 Å². The summed E-state index contributed by atoms with van der Waals surface area (Å²) < 4.78 is 32.5. The van der Waals surface area contributed by atoms with E-state index in [2.05, 4.69) is 4.72 Å². The molecule has 0 bridgehead atoms. The first-order valence-electron chi connectivity index (χ1n) is 5.80. The summed E-state index contributed by atoms with van der Waals surface area (Å²) in [6, 6.07) is 4.81. The average Bonchev–Trinajstić information content (AvgIpc) is 2.62. The molecule has 2 rings (SSSR count). The Kier molecular flexibility index (Phi) is 3.35. The Morgan fingerprint density at radius 3 is 2.67 bits per heavy atom. The number of nitrogens with one attached hydrogen (secondary N) is 1. The molecule has 1 aliphatic heterocycles. The van der Waals surface area contributed by atoms with Crippen LogP contribution in [0.4, 0.5) is 5.69 Å². The van der Waals surface area contributed by atoms with Gasteiger partial charge in [-0.1, -0.05) is 0 Å². The van der Waals surface area contributed by atoms with E-state index in [4.69, 9.17) is 10.5 Å². The number of nitrogen functional groups attached to an aromatic ring is 1. The Morgan fingerprint density at radius 2 is 2.11 bits per heavy atom. The molecule has 0 saturated carbocycles. The Hall–Kier alpha value is -1.11. The highest BCUT2D eigenvalue weighted by Gasteiger charge is 2.34. The largest absolute Gasteiger partial charge is 0.399 e. The summed E-state index contributed by atoms with van der Waals surface area (Å²) >= 11 is 0. The van der Waals surface area contributed by atoms with Crippen LogP contribution in [0.25, 0.3) is 0 Å². The Morgan fingerprint density at radius 1 is 1.39 bits per heavy atom. The first kappa shape index (κ1) is 13.3. The quantitative estimate of drug-likeness (QED) is 0.804. The highest BCUT2D eigenvalue weighted by Crippen LogP contribution is 2.22. The van der Waals surface area contributed by atoms with Crippen molar-refractivity contribution in [2.45, 2.75) is 30.7 Å². The molecule has 1 aliphatic rings. The van der Waals surface area contributed by atoms with Crippen LogP contribution in [-0.2, 0) is 14.8 Å². The fraction of sp³-hybridized carbons (Fsp3) is 0.500. The summed E-state index contributed by atoms with van der Waals surface area (Å²) in [4.78, 5) is 0.202. The maximum atomic E-state index is 12.3. The standard InChI is InChI=1S/C12H18N2O3S/c1-9-5-10(13)7-11(6-9)18(15,16)14-12(2)3-4-17-8-12/h5-7,14H,3-4,8,13H2,1-2H3. The molecule has 1 heterocycles. The number of anilines is 1. The fourth-order valence-electron chi connectivity index (χ4n) is 2.06. The Labute approximate surface area is 107 Å². The van der Waals surface area contributed by atoms with Crippen LogP contribution in [0.1, 0.15) is 18.9 Å². The number of sulfonamides is 1. The second-order valence-electron chi connectivity index (χ2n) is 5.05. The number of hydrogen-bond donors (Lipinski definition) is 2. The molecule has 18 heavy (non-hydrogen) atoms. The van der Waals surface area contributed by atoms with E-state index in [0.717, 1.165) is 5.56 Å². The number of aryl methyl sites for hydroxylation is 1. The van der Waals surface area contributed by atoms with Gasteiger partial charge < -0.3 is 10.5 Å². The molecule has 0 aliphatic carbocycles. The van der Waals surface area contributed by atoms with Crippen molar-refractivity contribution in [3.8, 4) is 0 Å². The predicted octanol–water partition coefficient (Wildman–Crippen LogP) is 1.03. The first-order chi connectivity index (χ1) is 8.31. The van der Waals surface area contributed by atoms with E-state index < -0.39 is 15.6 Å². The second kappa shape index (κ2) is 4.53. The average molecular weight is 270 g/mol. The first-order valence-corrected chi connectivity index (χ1v) is 7.28. The SMILES string of the molecule is Cc1cc(N)cc(S(=O)(=O)NC2(C)CCOC2)c1. The van der Waals surface area contributed by atoms with Crippen molar-refractivity contribution in [3.63, 3.8) is 0 Å². The van der Waals surface area contributed by atoms with Crippen LogP contribution in [-0.4, -0.2) is 27.2 Å². The lowest BCUT2D eigenvalue weighted by Crippen LogP contribution is -2.46.